The van der Waals surface area contributed by atoms with Gasteiger partial charge in [-0.2, -0.15) is 0 Å². The van der Waals surface area contributed by atoms with Gasteiger partial charge >= 0.3 is 0 Å². The maximum absolute atomic E-state index is 12.4. The molecule has 2 fully saturated rings. The Bertz CT molecular complexity index is 536. The Morgan fingerprint density at radius 3 is 2.57 bits per heavy atom. The Labute approximate surface area is 123 Å². The van der Waals surface area contributed by atoms with Crippen molar-refractivity contribution in [3.05, 3.63) is 23.8 Å². The summed E-state index contributed by atoms with van der Waals surface area (Å²) in [6.07, 6.45) is 2.65. The second-order valence-corrected chi connectivity index (χ2v) is 5.83. The molecule has 0 radical (unpaired) electrons. The number of morpholine rings is 1. The summed E-state index contributed by atoms with van der Waals surface area (Å²) in [6.45, 7) is 1.23. The van der Waals surface area contributed by atoms with Gasteiger partial charge in [-0.05, 0) is 37.0 Å². The Kier molecular flexibility index (Phi) is 3.73. The van der Waals surface area contributed by atoms with Crippen molar-refractivity contribution in [1.29, 1.82) is 0 Å². The SMILES string of the molecule is N[C@@H](Cc1ccc(O)c(O)c1)C(=O)N1CC2CCC(C1)O2. The largest absolute Gasteiger partial charge is 0.504 e. The third kappa shape index (κ3) is 2.96. The first-order valence-electron chi connectivity index (χ1n) is 7.23. The second kappa shape index (κ2) is 5.54. The third-order valence-corrected chi connectivity index (χ3v) is 4.17. The van der Waals surface area contributed by atoms with E-state index in [0.29, 0.717) is 19.5 Å². The monoisotopic (exact) mass is 292 g/mol. The highest BCUT2D eigenvalue weighted by molar-refractivity contribution is 5.82. The van der Waals surface area contributed by atoms with Gasteiger partial charge in [-0.15, -0.1) is 0 Å². The van der Waals surface area contributed by atoms with E-state index < -0.39 is 6.04 Å². The van der Waals surface area contributed by atoms with Crippen LogP contribution in [0.15, 0.2) is 18.2 Å². The Balaban J connectivity index is 1.63. The van der Waals surface area contributed by atoms with Crippen molar-refractivity contribution in [3.63, 3.8) is 0 Å². The summed E-state index contributed by atoms with van der Waals surface area (Å²) in [4.78, 5) is 14.2. The Morgan fingerprint density at radius 1 is 1.29 bits per heavy atom. The number of nitrogens with zero attached hydrogens (tertiary/aromatic N) is 1. The number of amides is 1. The molecule has 0 aliphatic carbocycles. The molecule has 1 aromatic carbocycles. The number of benzene rings is 1. The summed E-state index contributed by atoms with van der Waals surface area (Å²) in [5, 5.41) is 18.8. The summed E-state index contributed by atoms with van der Waals surface area (Å²) < 4.78 is 5.71. The number of aromatic hydroxyl groups is 2. The van der Waals surface area contributed by atoms with Crippen LogP contribution in [0.3, 0.4) is 0 Å². The molecule has 114 valence electrons. The summed E-state index contributed by atoms with van der Waals surface area (Å²) in [5.74, 6) is -0.456. The number of carbonyl (C=O) groups is 1. The lowest BCUT2D eigenvalue weighted by Crippen LogP contribution is -2.52. The van der Waals surface area contributed by atoms with Crippen LogP contribution in [0.2, 0.25) is 0 Å². The van der Waals surface area contributed by atoms with Gasteiger partial charge in [-0.25, -0.2) is 0 Å². The zero-order valence-electron chi connectivity index (χ0n) is 11.7. The van der Waals surface area contributed by atoms with Crippen molar-refractivity contribution in [3.8, 4) is 11.5 Å². The highest BCUT2D eigenvalue weighted by Gasteiger charge is 2.36. The quantitative estimate of drug-likeness (QED) is 0.699. The van der Waals surface area contributed by atoms with Gasteiger partial charge in [0, 0.05) is 13.1 Å². The molecule has 0 aromatic heterocycles. The summed E-state index contributed by atoms with van der Waals surface area (Å²) >= 11 is 0. The first-order valence-corrected chi connectivity index (χ1v) is 7.23. The molecule has 3 atom stereocenters. The van der Waals surface area contributed by atoms with Crippen LogP contribution in [-0.4, -0.2) is 52.4 Å². The van der Waals surface area contributed by atoms with Crippen molar-refractivity contribution in [2.24, 2.45) is 5.73 Å². The molecular formula is C15H20N2O4. The fourth-order valence-electron chi connectivity index (χ4n) is 3.07. The van der Waals surface area contributed by atoms with Gasteiger partial charge in [0.1, 0.15) is 0 Å². The van der Waals surface area contributed by atoms with Gasteiger partial charge in [0.15, 0.2) is 11.5 Å². The lowest BCUT2D eigenvalue weighted by atomic mass is 10.0. The number of rotatable bonds is 3. The first kappa shape index (κ1) is 14.2. The minimum atomic E-state index is -0.647. The van der Waals surface area contributed by atoms with E-state index in [9.17, 15) is 15.0 Å². The van der Waals surface area contributed by atoms with E-state index in [1.54, 1.807) is 11.0 Å². The summed E-state index contributed by atoms with van der Waals surface area (Å²) in [5.41, 5.74) is 6.73. The van der Waals surface area contributed by atoms with E-state index in [-0.39, 0.29) is 29.6 Å². The minimum absolute atomic E-state index is 0.0808. The van der Waals surface area contributed by atoms with Crippen LogP contribution in [0.5, 0.6) is 11.5 Å². The van der Waals surface area contributed by atoms with E-state index in [4.69, 9.17) is 10.5 Å². The number of hydrogen-bond donors (Lipinski definition) is 3. The van der Waals surface area contributed by atoms with Crippen molar-refractivity contribution in [2.45, 2.75) is 37.5 Å². The maximum Gasteiger partial charge on any atom is 0.240 e. The molecule has 6 nitrogen and oxygen atoms in total. The highest BCUT2D eigenvalue weighted by Crippen LogP contribution is 2.27. The first-order chi connectivity index (χ1) is 10.0. The average Bonchev–Trinajstić information content (AvgIpc) is 2.80. The summed E-state index contributed by atoms with van der Waals surface area (Å²) in [7, 11) is 0. The van der Waals surface area contributed by atoms with Crippen LogP contribution in [0, 0.1) is 0 Å². The molecule has 2 aliphatic heterocycles. The van der Waals surface area contributed by atoms with E-state index in [1.807, 2.05) is 0 Å². The minimum Gasteiger partial charge on any atom is -0.504 e. The molecule has 3 rings (SSSR count). The van der Waals surface area contributed by atoms with E-state index in [2.05, 4.69) is 0 Å². The lowest BCUT2D eigenvalue weighted by molar-refractivity contribution is -0.141. The number of phenols is 2. The third-order valence-electron chi connectivity index (χ3n) is 4.17. The zero-order valence-corrected chi connectivity index (χ0v) is 11.7. The number of hydrogen-bond acceptors (Lipinski definition) is 5. The molecule has 4 N–H and O–H groups in total. The number of ether oxygens (including phenoxy) is 1. The second-order valence-electron chi connectivity index (χ2n) is 5.83. The number of likely N-dealkylation sites (tertiary alicyclic amines) is 1. The fourth-order valence-corrected chi connectivity index (χ4v) is 3.07. The van der Waals surface area contributed by atoms with Gasteiger partial charge in [-0.3, -0.25) is 4.79 Å². The van der Waals surface area contributed by atoms with Gasteiger partial charge in [0.05, 0.1) is 18.2 Å². The average molecular weight is 292 g/mol. The van der Waals surface area contributed by atoms with E-state index in [1.165, 1.54) is 12.1 Å². The summed E-state index contributed by atoms with van der Waals surface area (Å²) in [6, 6.07) is 3.85. The maximum atomic E-state index is 12.4. The Morgan fingerprint density at radius 2 is 1.95 bits per heavy atom. The van der Waals surface area contributed by atoms with Crippen molar-refractivity contribution in [1.82, 2.24) is 4.90 Å². The molecule has 21 heavy (non-hydrogen) atoms. The van der Waals surface area contributed by atoms with Crippen LogP contribution in [0.1, 0.15) is 18.4 Å². The highest BCUT2D eigenvalue weighted by atomic mass is 16.5. The normalized spacial score (nSPS) is 25.9. The van der Waals surface area contributed by atoms with Crippen molar-refractivity contribution >= 4 is 5.91 Å². The number of nitrogens with two attached hydrogens (primary N) is 1. The predicted octanol–water partition coefficient (Wildman–Crippen LogP) is 0.357. The Hall–Kier alpha value is -1.79. The zero-order chi connectivity index (χ0) is 15.0. The van der Waals surface area contributed by atoms with Crippen molar-refractivity contribution < 1.29 is 19.7 Å². The lowest BCUT2D eigenvalue weighted by Gasteiger charge is -2.33. The molecule has 0 saturated carbocycles. The van der Waals surface area contributed by atoms with Crippen LogP contribution in [-0.2, 0) is 16.0 Å². The molecule has 2 unspecified atom stereocenters. The van der Waals surface area contributed by atoms with Crippen molar-refractivity contribution in [2.75, 3.05) is 13.1 Å². The molecule has 2 saturated heterocycles. The molecule has 6 heteroatoms. The molecule has 2 bridgehead atoms. The van der Waals surface area contributed by atoms with Gasteiger partial charge in [0.2, 0.25) is 5.91 Å². The van der Waals surface area contributed by atoms with E-state index in [0.717, 1.165) is 18.4 Å². The van der Waals surface area contributed by atoms with Crippen LogP contribution < -0.4 is 5.73 Å². The van der Waals surface area contributed by atoms with Crippen LogP contribution >= 0.6 is 0 Å². The smallest absolute Gasteiger partial charge is 0.240 e. The molecule has 2 heterocycles. The standard InChI is InChI=1S/C15H20N2O4/c16-12(5-9-1-4-13(18)14(19)6-9)15(20)17-7-10-2-3-11(8-17)21-10/h1,4,6,10-12,18-19H,2-3,5,7-8,16H2/t10?,11?,12-/m0/s1. The van der Waals surface area contributed by atoms with Gasteiger partial charge in [0.25, 0.3) is 0 Å². The fraction of sp³-hybridized carbons (Fsp3) is 0.533. The number of phenolic OH excluding ortho intramolecular Hbond substituents is 2. The molecule has 0 spiro atoms. The van der Waals surface area contributed by atoms with Crippen LogP contribution in [0.4, 0.5) is 0 Å². The molecule has 1 aromatic rings. The predicted molar refractivity (Wildman–Crippen MR) is 75.9 cm³/mol. The number of fused-ring (bicyclic) bond motifs is 2. The van der Waals surface area contributed by atoms with Gasteiger partial charge < -0.3 is 25.6 Å². The topological polar surface area (TPSA) is 96.0 Å². The van der Waals surface area contributed by atoms with Gasteiger partial charge in [-0.1, -0.05) is 6.07 Å². The number of carbonyl (C=O) groups excluding carboxylic acids is 1. The molecular weight excluding hydrogens is 272 g/mol. The van der Waals surface area contributed by atoms with Crippen LogP contribution in [0.25, 0.3) is 0 Å². The molecule has 2 aliphatic rings. The molecule has 1 amide bonds. The van der Waals surface area contributed by atoms with E-state index >= 15 is 0 Å².